The molecule has 0 aliphatic carbocycles. The van der Waals surface area contributed by atoms with E-state index in [4.69, 9.17) is 24.2 Å². The molecule has 1 aliphatic rings. The van der Waals surface area contributed by atoms with Gasteiger partial charge in [-0.2, -0.15) is 0 Å². The summed E-state index contributed by atoms with van der Waals surface area (Å²) in [6.45, 7) is 5.52. The summed E-state index contributed by atoms with van der Waals surface area (Å²) in [7, 11) is 3.27. The van der Waals surface area contributed by atoms with Gasteiger partial charge in [0.1, 0.15) is 10.6 Å². The number of aromatic nitrogens is 2. The predicted molar refractivity (Wildman–Crippen MR) is 103 cm³/mol. The van der Waals surface area contributed by atoms with E-state index in [0.29, 0.717) is 13.2 Å². The second kappa shape index (κ2) is 7.75. The molecule has 1 atom stereocenters. The van der Waals surface area contributed by atoms with Crippen LogP contribution in [0.4, 0.5) is 5.82 Å². The number of nitrogens with one attached hydrogen (secondary N) is 1. The number of ether oxygens (including phenoxy) is 3. The molecule has 0 fully saturated rings. The number of thioether (sulfide) groups is 1. The Morgan fingerprint density at radius 2 is 2.12 bits per heavy atom. The van der Waals surface area contributed by atoms with Gasteiger partial charge in [0.05, 0.1) is 24.1 Å². The zero-order valence-corrected chi connectivity index (χ0v) is 17.0. The van der Waals surface area contributed by atoms with Gasteiger partial charge < -0.3 is 19.5 Å². The van der Waals surface area contributed by atoms with Crippen LogP contribution in [0.5, 0.6) is 0 Å². The lowest BCUT2D eigenvalue weighted by atomic mass is 9.90. The zero-order valence-electron chi connectivity index (χ0n) is 15.3. The minimum Gasteiger partial charge on any atom is -0.369 e. The fourth-order valence-electron chi connectivity index (χ4n) is 2.94. The highest BCUT2D eigenvalue weighted by Crippen LogP contribution is 2.42. The summed E-state index contributed by atoms with van der Waals surface area (Å²) in [4.78, 5) is 11.7. The molecule has 1 N–H and O–H groups in total. The van der Waals surface area contributed by atoms with E-state index in [1.807, 2.05) is 6.26 Å². The molecule has 0 radical (unpaired) electrons. The highest BCUT2D eigenvalue weighted by molar-refractivity contribution is 7.98. The minimum absolute atomic E-state index is 0.127. The maximum Gasteiger partial charge on any atom is 0.190 e. The standard InChI is InChI=1S/C17H25N3O3S2/c1-6-17(2)7-10-11(9-23-17)25-15-13(10)14(19-16(20-15)24-5)18-8-12(21-3)22-4/h12H,6-9H2,1-5H3,(H,18,19,20). The molecule has 6 nitrogen and oxygen atoms in total. The summed E-state index contributed by atoms with van der Waals surface area (Å²) in [6, 6.07) is 0. The van der Waals surface area contributed by atoms with Crippen molar-refractivity contribution >= 4 is 39.1 Å². The van der Waals surface area contributed by atoms with Gasteiger partial charge in [-0.05, 0) is 25.2 Å². The number of fused-ring (bicyclic) bond motifs is 3. The quantitative estimate of drug-likeness (QED) is 0.444. The van der Waals surface area contributed by atoms with E-state index < -0.39 is 0 Å². The SMILES string of the molecule is CCC1(C)Cc2c(sc3nc(SC)nc(NCC(OC)OC)c23)CO1. The summed E-state index contributed by atoms with van der Waals surface area (Å²) in [5.41, 5.74) is 1.19. The lowest BCUT2D eigenvalue weighted by molar-refractivity contribution is -0.0914. The van der Waals surface area contributed by atoms with Crippen molar-refractivity contribution in [1.82, 2.24) is 9.97 Å². The molecule has 1 aliphatic heterocycles. The van der Waals surface area contributed by atoms with E-state index in [1.54, 1.807) is 37.3 Å². The largest absolute Gasteiger partial charge is 0.369 e. The van der Waals surface area contributed by atoms with Crippen molar-refractivity contribution in [3.8, 4) is 0 Å². The third-order valence-corrected chi connectivity index (χ3v) is 6.36. The molecule has 0 amide bonds. The number of hydrogen-bond acceptors (Lipinski definition) is 8. The molecule has 1 unspecified atom stereocenters. The van der Waals surface area contributed by atoms with Crippen LogP contribution in [0.15, 0.2) is 5.16 Å². The second-order valence-electron chi connectivity index (χ2n) is 6.29. The second-order valence-corrected chi connectivity index (χ2v) is 8.15. The topological polar surface area (TPSA) is 65.5 Å². The van der Waals surface area contributed by atoms with Crippen LogP contribution in [0.3, 0.4) is 0 Å². The van der Waals surface area contributed by atoms with E-state index in [2.05, 4.69) is 19.2 Å². The first kappa shape index (κ1) is 18.8. The van der Waals surface area contributed by atoms with Crippen LogP contribution >= 0.6 is 23.1 Å². The van der Waals surface area contributed by atoms with Gasteiger partial charge in [0, 0.05) is 25.5 Å². The van der Waals surface area contributed by atoms with Gasteiger partial charge in [0.2, 0.25) is 0 Å². The van der Waals surface area contributed by atoms with Gasteiger partial charge in [0.15, 0.2) is 11.4 Å². The number of nitrogens with zero attached hydrogens (tertiary/aromatic N) is 2. The smallest absolute Gasteiger partial charge is 0.190 e. The lowest BCUT2D eigenvalue weighted by Gasteiger charge is -2.33. The van der Waals surface area contributed by atoms with Crippen LogP contribution in [0.1, 0.15) is 30.7 Å². The Morgan fingerprint density at radius 1 is 1.36 bits per heavy atom. The average Bonchev–Trinajstić information content (AvgIpc) is 2.99. The Bertz CT molecular complexity index is 748. The summed E-state index contributed by atoms with van der Waals surface area (Å²) in [6.07, 6.45) is 3.53. The van der Waals surface area contributed by atoms with E-state index in [1.165, 1.54) is 10.4 Å². The van der Waals surface area contributed by atoms with Gasteiger partial charge in [-0.3, -0.25) is 0 Å². The van der Waals surface area contributed by atoms with Crippen LogP contribution in [0, 0.1) is 0 Å². The van der Waals surface area contributed by atoms with Crippen LogP contribution in [-0.4, -0.2) is 48.9 Å². The molecular formula is C17H25N3O3S2. The first-order chi connectivity index (χ1) is 12.0. The molecule has 2 aromatic rings. The highest BCUT2D eigenvalue weighted by Gasteiger charge is 2.33. The van der Waals surface area contributed by atoms with E-state index >= 15 is 0 Å². The van der Waals surface area contributed by atoms with Crippen molar-refractivity contribution in [3.05, 3.63) is 10.4 Å². The molecule has 25 heavy (non-hydrogen) atoms. The van der Waals surface area contributed by atoms with Crippen molar-refractivity contribution in [1.29, 1.82) is 0 Å². The predicted octanol–water partition coefficient (Wildman–Crippen LogP) is 3.69. The van der Waals surface area contributed by atoms with E-state index in [9.17, 15) is 0 Å². The molecule has 8 heteroatoms. The van der Waals surface area contributed by atoms with Gasteiger partial charge in [-0.25, -0.2) is 9.97 Å². The third-order valence-electron chi connectivity index (χ3n) is 4.71. The third kappa shape index (κ3) is 3.78. The molecule has 138 valence electrons. The van der Waals surface area contributed by atoms with E-state index in [0.717, 1.165) is 34.0 Å². The van der Waals surface area contributed by atoms with Gasteiger partial charge in [-0.15, -0.1) is 11.3 Å². The minimum atomic E-state index is -0.318. The number of methoxy groups -OCH3 is 2. The molecule has 0 saturated carbocycles. The Hall–Kier alpha value is -0.930. The molecular weight excluding hydrogens is 358 g/mol. The Morgan fingerprint density at radius 3 is 2.76 bits per heavy atom. The van der Waals surface area contributed by atoms with Gasteiger partial charge in [-0.1, -0.05) is 18.7 Å². The van der Waals surface area contributed by atoms with Crippen molar-refractivity contribution in [3.63, 3.8) is 0 Å². The molecule has 0 bridgehead atoms. The number of thiophene rings is 1. The summed E-state index contributed by atoms with van der Waals surface area (Å²) in [5, 5.41) is 5.28. The van der Waals surface area contributed by atoms with Crippen molar-refractivity contribution in [2.75, 3.05) is 32.3 Å². The summed E-state index contributed by atoms with van der Waals surface area (Å²) < 4.78 is 16.7. The van der Waals surface area contributed by atoms with Crippen molar-refractivity contribution < 1.29 is 14.2 Å². The fraction of sp³-hybridized carbons (Fsp3) is 0.647. The maximum atomic E-state index is 6.10. The first-order valence-corrected chi connectivity index (χ1v) is 10.4. The maximum absolute atomic E-state index is 6.10. The average molecular weight is 384 g/mol. The van der Waals surface area contributed by atoms with Crippen LogP contribution in [-0.2, 0) is 27.2 Å². The number of hydrogen-bond donors (Lipinski definition) is 1. The van der Waals surface area contributed by atoms with Crippen molar-refractivity contribution in [2.45, 2.75) is 50.3 Å². The Labute approximate surface area is 156 Å². The summed E-state index contributed by atoms with van der Waals surface area (Å²) >= 11 is 3.25. The lowest BCUT2D eigenvalue weighted by Crippen LogP contribution is -2.34. The molecule has 3 heterocycles. The van der Waals surface area contributed by atoms with Crippen LogP contribution in [0.25, 0.3) is 10.2 Å². The number of anilines is 1. The van der Waals surface area contributed by atoms with E-state index in [-0.39, 0.29) is 11.9 Å². The zero-order chi connectivity index (χ0) is 18.0. The molecule has 0 spiro atoms. The van der Waals surface area contributed by atoms with Crippen LogP contribution < -0.4 is 5.32 Å². The van der Waals surface area contributed by atoms with Crippen LogP contribution in [0.2, 0.25) is 0 Å². The highest BCUT2D eigenvalue weighted by atomic mass is 32.2. The molecule has 2 aromatic heterocycles. The Kier molecular flexibility index (Phi) is 5.85. The fourth-order valence-corrected chi connectivity index (χ4v) is 4.47. The first-order valence-electron chi connectivity index (χ1n) is 8.33. The summed E-state index contributed by atoms with van der Waals surface area (Å²) in [5.74, 6) is 0.853. The molecule has 0 saturated heterocycles. The monoisotopic (exact) mass is 383 g/mol. The molecule has 3 rings (SSSR count). The Balaban J connectivity index is 2.03. The molecule has 0 aromatic carbocycles. The van der Waals surface area contributed by atoms with Gasteiger partial charge in [0.25, 0.3) is 0 Å². The number of rotatable bonds is 7. The van der Waals surface area contributed by atoms with Gasteiger partial charge >= 0.3 is 0 Å². The normalized spacial score (nSPS) is 20.2. The van der Waals surface area contributed by atoms with Crippen molar-refractivity contribution in [2.24, 2.45) is 0 Å².